The van der Waals surface area contributed by atoms with Crippen LogP contribution in [0.1, 0.15) is 7.19 Å². The minimum absolute atomic E-state index is 0. The van der Waals surface area contributed by atoms with E-state index in [1.54, 1.807) is 0 Å². The van der Waals surface area contributed by atoms with E-state index in [0.29, 0.717) is 0 Å². The monoisotopic (exact) mass is 259 g/mol. The van der Waals surface area contributed by atoms with Gasteiger partial charge in [0.1, 0.15) is 11.5 Å². The Bertz CT molecular complexity index is 653. The Morgan fingerprint density at radius 3 is 1.95 bits per heavy atom. The van der Waals surface area contributed by atoms with Crippen molar-refractivity contribution in [3.05, 3.63) is 66.4 Å². The molecule has 90 valence electrons. The largest absolute Gasteiger partial charge is 1.00 e. The molecule has 0 spiro atoms. The summed E-state index contributed by atoms with van der Waals surface area (Å²) in [5.41, 5.74) is 4.18. The predicted molar refractivity (Wildman–Crippen MR) is 73.2 cm³/mol. The Balaban J connectivity index is 0.000001000. The van der Waals surface area contributed by atoms with Gasteiger partial charge in [-0.1, -0.05) is 65.8 Å². The Hall–Kier alpha value is -1.35. The topological polar surface area (TPSA) is 26.0 Å². The van der Waals surface area contributed by atoms with Gasteiger partial charge in [0.15, 0.2) is 0 Å². The maximum atomic E-state index is 5.35. The van der Waals surface area contributed by atoms with Crippen LogP contribution >= 0.6 is 0 Å². The summed E-state index contributed by atoms with van der Waals surface area (Å²) < 4.78 is 5.35. The Morgan fingerprint density at radius 2 is 1.37 bits per heavy atom. The molecule has 3 aromatic rings. The minimum Gasteiger partial charge on any atom is -1.00 e. The van der Waals surface area contributed by atoms with E-state index in [4.69, 9.17) is 4.52 Å². The zero-order valence-corrected chi connectivity index (χ0v) is 13.1. The van der Waals surface area contributed by atoms with E-state index >= 15 is 0 Å². The second-order valence-corrected chi connectivity index (χ2v) is 4.19. The molecule has 0 bridgehead atoms. The first-order chi connectivity index (χ1) is 8.86. The first-order valence-electron chi connectivity index (χ1n) is 5.93. The van der Waals surface area contributed by atoms with Gasteiger partial charge in [-0.3, -0.25) is 0 Å². The normalized spacial score (nSPS) is 9.95. The number of nitrogens with zero attached hydrogens (tertiary/aromatic N) is 1. The first-order valence-corrected chi connectivity index (χ1v) is 5.93. The molecule has 0 fully saturated rings. The van der Waals surface area contributed by atoms with E-state index in [-0.39, 0.29) is 31.0 Å². The first kappa shape index (κ1) is 14.1. The molecule has 0 radical (unpaired) electrons. The second kappa shape index (κ2) is 6.20. The van der Waals surface area contributed by atoms with Gasteiger partial charge in [0, 0.05) is 5.56 Å². The summed E-state index contributed by atoms with van der Waals surface area (Å²) in [5.74, 6) is 0.847. The molecule has 0 saturated carbocycles. The van der Waals surface area contributed by atoms with Crippen LogP contribution in [0.3, 0.4) is 0 Å². The van der Waals surface area contributed by atoms with Crippen molar-refractivity contribution in [2.24, 2.45) is 0 Å². The number of rotatable bonds is 2. The van der Waals surface area contributed by atoms with E-state index in [2.05, 4.69) is 17.3 Å². The van der Waals surface area contributed by atoms with Crippen LogP contribution < -0.4 is 29.6 Å². The van der Waals surface area contributed by atoms with Gasteiger partial charge < -0.3 is 5.95 Å². The molecule has 0 atom stereocenters. The number of aryl methyl sites for hydroxylation is 1. The van der Waals surface area contributed by atoms with E-state index < -0.39 is 0 Å². The number of hydrogen-bond acceptors (Lipinski definition) is 2. The summed E-state index contributed by atoms with van der Waals surface area (Å²) in [4.78, 5) is 0. The molecule has 0 N–H and O–H groups in total. The molecule has 0 aliphatic rings. The molecule has 0 saturated heterocycles. The molecule has 3 rings (SSSR count). The molecule has 0 aliphatic carbocycles. The van der Waals surface area contributed by atoms with Crippen molar-refractivity contribution < 1.29 is 35.5 Å². The summed E-state index contributed by atoms with van der Waals surface area (Å²) in [6.07, 6.45) is 0. The van der Waals surface area contributed by atoms with Crippen molar-refractivity contribution in [2.75, 3.05) is 0 Å². The van der Waals surface area contributed by atoms with Gasteiger partial charge in [0.25, 0.3) is 0 Å². The standard InChI is InChI=1S/C16H13NO.Na.H/c1-12-15(13-8-4-2-5-9-13)16(17-18-12)14-10-6-3-7-11-14;;/h2-11H,1H3;;/q;+1;-1. The van der Waals surface area contributed by atoms with Crippen LogP contribution in [0.5, 0.6) is 0 Å². The summed E-state index contributed by atoms with van der Waals surface area (Å²) >= 11 is 0. The molecule has 0 unspecified atom stereocenters. The van der Waals surface area contributed by atoms with Gasteiger partial charge in [0.05, 0.1) is 5.56 Å². The second-order valence-electron chi connectivity index (χ2n) is 4.19. The predicted octanol–water partition coefficient (Wildman–Crippen LogP) is 1.43. The average Bonchev–Trinajstić information content (AvgIpc) is 2.83. The number of hydrogen-bond donors (Lipinski definition) is 0. The quantitative estimate of drug-likeness (QED) is 0.651. The van der Waals surface area contributed by atoms with Gasteiger partial charge in [0.2, 0.25) is 0 Å². The van der Waals surface area contributed by atoms with Crippen LogP contribution in [0.25, 0.3) is 22.4 Å². The maximum absolute atomic E-state index is 5.35. The zero-order chi connectivity index (χ0) is 12.4. The van der Waals surface area contributed by atoms with E-state index in [0.717, 1.165) is 28.1 Å². The maximum Gasteiger partial charge on any atom is 1.00 e. The summed E-state index contributed by atoms with van der Waals surface area (Å²) in [7, 11) is 0. The molecular weight excluding hydrogens is 245 g/mol. The number of aromatic nitrogens is 1. The van der Waals surface area contributed by atoms with Gasteiger partial charge in [-0.2, -0.15) is 0 Å². The average molecular weight is 259 g/mol. The van der Waals surface area contributed by atoms with Crippen LogP contribution in [0.4, 0.5) is 0 Å². The fraction of sp³-hybridized carbons (Fsp3) is 0.0625. The molecule has 0 aliphatic heterocycles. The fourth-order valence-corrected chi connectivity index (χ4v) is 2.11. The summed E-state index contributed by atoms with van der Waals surface area (Å²) in [6, 6.07) is 20.3. The third kappa shape index (κ3) is 2.81. The molecule has 0 amide bonds. The fourth-order valence-electron chi connectivity index (χ4n) is 2.11. The van der Waals surface area contributed by atoms with Crippen LogP contribution in [0.15, 0.2) is 65.2 Å². The molecule has 3 heteroatoms. The van der Waals surface area contributed by atoms with Crippen molar-refractivity contribution >= 4 is 0 Å². The molecule has 19 heavy (non-hydrogen) atoms. The van der Waals surface area contributed by atoms with Crippen LogP contribution in [-0.2, 0) is 0 Å². The van der Waals surface area contributed by atoms with Crippen LogP contribution in [0, 0.1) is 6.92 Å². The van der Waals surface area contributed by atoms with Gasteiger partial charge >= 0.3 is 29.6 Å². The van der Waals surface area contributed by atoms with E-state index in [1.807, 2.05) is 55.5 Å². The Morgan fingerprint density at radius 1 is 0.842 bits per heavy atom. The third-order valence-electron chi connectivity index (χ3n) is 2.97. The molecule has 2 aromatic carbocycles. The van der Waals surface area contributed by atoms with Gasteiger partial charge in [-0.15, -0.1) is 0 Å². The Kier molecular flexibility index (Phi) is 4.59. The molecule has 1 heterocycles. The van der Waals surface area contributed by atoms with Gasteiger partial charge in [-0.25, -0.2) is 0 Å². The van der Waals surface area contributed by atoms with E-state index in [9.17, 15) is 0 Å². The SMILES string of the molecule is Cc1onc(-c2ccccc2)c1-c1ccccc1.[H-].[Na+]. The van der Waals surface area contributed by atoms with Crippen molar-refractivity contribution in [3.63, 3.8) is 0 Å². The van der Waals surface area contributed by atoms with Crippen LogP contribution in [-0.4, -0.2) is 5.16 Å². The smallest absolute Gasteiger partial charge is 1.00 e. The van der Waals surface area contributed by atoms with Gasteiger partial charge in [-0.05, 0) is 12.5 Å². The van der Waals surface area contributed by atoms with Crippen LogP contribution in [0.2, 0.25) is 0 Å². The minimum atomic E-state index is 0. The molecular formula is C16H14NNaO. The number of benzene rings is 2. The van der Waals surface area contributed by atoms with Crippen molar-refractivity contribution in [2.45, 2.75) is 6.92 Å². The van der Waals surface area contributed by atoms with Crippen molar-refractivity contribution in [3.8, 4) is 22.4 Å². The zero-order valence-electron chi connectivity index (χ0n) is 12.1. The van der Waals surface area contributed by atoms with E-state index in [1.165, 1.54) is 0 Å². The third-order valence-corrected chi connectivity index (χ3v) is 2.97. The molecule has 2 nitrogen and oxygen atoms in total. The Labute approximate surface area is 136 Å². The summed E-state index contributed by atoms with van der Waals surface area (Å²) in [6.45, 7) is 1.95. The summed E-state index contributed by atoms with van der Waals surface area (Å²) in [5, 5.41) is 4.19. The molecule has 1 aromatic heterocycles. The van der Waals surface area contributed by atoms with Crippen molar-refractivity contribution in [1.29, 1.82) is 0 Å². The van der Waals surface area contributed by atoms with Crippen molar-refractivity contribution in [1.82, 2.24) is 5.16 Å².